The average molecular weight is 198 g/mol. The first-order chi connectivity index (χ1) is 6.59. The number of nitrogens with one attached hydrogen (secondary N) is 2. The van der Waals surface area contributed by atoms with Gasteiger partial charge in [-0.2, -0.15) is 0 Å². The summed E-state index contributed by atoms with van der Waals surface area (Å²) in [5, 5.41) is 6.21. The van der Waals surface area contributed by atoms with Crippen LogP contribution in [0.15, 0.2) is 0 Å². The smallest absolute Gasteiger partial charge is 0.237 e. The van der Waals surface area contributed by atoms with E-state index in [2.05, 4.69) is 24.5 Å². The van der Waals surface area contributed by atoms with E-state index < -0.39 is 0 Å². The van der Waals surface area contributed by atoms with Gasteiger partial charge in [-0.05, 0) is 26.7 Å². The number of amides is 1. The van der Waals surface area contributed by atoms with Crippen molar-refractivity contribution in [3.63, 3.8) is 0 Å². The van der Waals surface area contributed by atoms with Crippen molar-refractivity contribution in [3.8, 4) is 0 Å². The van der Waals surface area contributed by atoms with E-state index in [1.807, 2.05) is 0 Å². The number of carbonyl (C=O) groups excluding carboxylic acids is 1. The van der Waals surface area contributed by atoms with Crippen LogP contribution < -0.4 is 10.6 Å². The maximum atomic E-state index is 11.4. The second kappa shape index (κ2) is 3.51. The zero-order valence-corrected chi connectivity index (χ0v) is 8.80. The van der Waals surface area contributed by atoms with Crippen molar-refractivity contribution in [1.82, 2.24) is 10.6 Å². The van der Waals surface area contributed by atoms with E-state index in [0.717, 1.165) is 26.0 Å². The van der Waals surface area contributed by atoms with E-state index in [9.17, 15) is 4.79 Å². The molecule has 1 amide bonds. The van der Waals surface area contributed by atoms with Gasteiger partial charge in [0.05, 0.1) is 11.6 Å². The Labute approximate surface area is 84.4 Å². The summed E-state index contributed by atoms with van der Waals surface area (Å²) >= 11 is 0. The molecule has 0 aliphatic carbocycles. The lowest BCUT2D eigenvalue weighted by atomic mass is 9.98. The Balaban J connectivity index is 1.93. The summed E-state index contributed by atoms with van der Waals surface area (Å²) in [4.78, 5) is 11.4. The van der Waals surface area contributed by atoms with Gasteiger partial charge in [-0.25, -0.2) is 0 Å². The monoisotopic (exact) mass is 198 g/mol. The number of ether oxygens (including phenoxy) is 1. The molecule has 2 aliphatic heterocycles. The molecule has 2 unspecified atom stereocenters. The zero-order chi connectivity index (χ0) is 10.2. The normalized spacial score (nSPS) is 36.0. The third kappa shape index (κ3) is 1.77. The minimum absolute atomic E-state index is 0.0130. The number of carbonyl (C=O) groups is 1. The van der Waals surface area contributed by atoms with E-state index in [-0.39, 0.29) is 17.6 Å². The van der Waals surface area contributed by atoms with Crippen molar-refractivity contribution in [1.29, 1.82) is 0 Å². The molecule has 4 nitrogen and oxygen atoms in total. The SMILES string of the molecule is CC1(C)OCCC1NC1CCNC1=O. The van der Waals surface area contributed by atoms with Gasteiger partial charge < -0.3 is 15.4 Å². The summed E-state index contributed by atoms with van der Waals surface area (Å²) in [6.07, 6.45) is 1.89. The summed E-state index contributed by atoms with van der Waals surface area (Å²) in [5.74, 6) is 0.132. The second-order valence-corrected chi connectivity index (χ2v) is 4.59. The zero-order valence-electron chi connectivity index (χ0n) is 8.80. The number of hydrogen-bond acceptors (Lipinski definition) is 3. The van der Waals surface area contributed by atoms with Crippen LogP contribution in [0.5, 0.6) is 0 Å². The molecule has 4 heteroatoms. The lowest BCUT2D eigenvalue weighted by molar-refractivity contribution is -0.121. The molecule has 2 N–H and O–H groups in total. The van der Waals surface area contributed by atoms with E-state index in [4.69, 9.17) is 4.74 Å². The first kappa shape index (κ1) is 9.93. The van der Waals surface area contributed by atoms with E-state index >= 15 is 0 Å². The van der Waals surface area contributed by atoms with Gasteiger partial charge in [-0.15, -0.1) is 0 Å². The maximum Gasteiger partial charge on any atom is 0.237 e. The summed E-state index contributed by atoms with van der Waals surface area (Å²) < 4.78 is 5.60. The van der Waals surface area contributed by atoms with Crippen LogP contribution in [0.25, 0.3) is 0 Å². The van der Waals surface area contributed by atoms with Gasteiger partial charge in [0.15, 0.2) is 0 Å². The summed E-state index contributed by atoms with van der Waals surface area (Å²) in [5.41, 5.74) is -0.136. The fourth-order valence-corrected chi connectivity index (χ4v) is 2.17. The molecule has 2 saturated heterocycles. The van der Waals surface area contributed by atoms with Crippen LogP contribution in [0, 0.1) is 0 Å². The van der Waals surface area contributed by atoms with Crippen LogP contribution >= 0.6 is 0 Å². The quantitative estimate of drug-likeness (QED) is 0.658. The number of hydrogen-bond donors (Lipinski definition) is 2. The summed E-state index contributed by atoms with van der Waals surface area (Å²) in [6, 6.07) is 0.289. The average Bonchev–Trinajstić information content (AvgIpc) is 2.62. The fourth-order valence-electron chi connectivity index (χ4n) is 2.17. The van der Waals surface area contributed by atoms with E-state index in [0.29, 0.717) is 6.04 Å². The molecule has 0 spiro atoms. The molecule has 0 saturated carbocycles. The Morgan fingerprint density at radius 1 is 1.50 bits per heavy atom. The Bertz CT molecular complexity index is 240. The lowest BCUT2D eigenvalue weighted by Crippen LogP contribution is -2.50. The van der Waals surface area contributed by atoms with Crippen molar-refractivity contribution < 1.29 is 9.53 Å². The van der Waals surface area contributed by atoms with Crippen molar-refractivity contribution in [2.45, 2.75) is 44.4 Å². The van der Waals surface area contributed by atoms with Gasteiger partial charge >= 0.3 is 0 Å². The maximum absolute atomic E-state index is 11.4. The Morgan fingerprint density at radius 3 is 2.79 bits per heavy atom. The van der Waals surface area contributed by atoms with Crippen molar-refractivity contribution in [2.24, 2.45) is 0 Å². The second-order valence-electron chi connectivity index (χ2n) is 4.59. The standard InChI is InChI=1S/C10H18N2O2/c1-10(2)8(4-6-14-10)12-7-3-5-11-9(7)13/h7-8,12H,3-6H2,1-2H3,(H,11,13). The van der Waals surface area contributed by atoms with E-state index in [1.165, 1.54) is 0 Å². The van der Waals surface area contributed by atoms with Crippen LogP contribution in [0.1, 0.15) is 26.7 Å². The highest BCUT2D eigenvalue weighted by atomic mass is 16.5. The van der Waals surface area contributed by atoms with Crippen molar-refractivity contribution in [2.75, 3.05) is 13.2 Å². The third-order valence-corrected chi connectivity index (χ3v) is 3.17. The molecule has 2 aliphatic rings. The van der Waals surface area contributed by atoms with Gasteiger partial charge in [0.25, 0.3) is 0 Å². The molecule has 0 aromatic heterocycles. The molecular weight excluding hydrogens is 180 g/mol. The molecular formula is C10H18N2O2. The van der Waals surface area contributed by atoms with Gasteiger partial charge in [-0.1, -0.05) is 0 Å². The highest BCUT2D eigenvalue weighted by molar-refractivity contribution is 5.83. The number of rotatable bonds is 2. The van der Waals surface area contributed by atoms with Crippen LogP contribution in [0.2, 0.25) is 0 Å². The predicted molar refractivity (Wildman–Crippen MR) is 53.0 cm³/mol. The van der Waals surface area contributed by atoms with Crippen molar-refractivity contribution >= 4 is 5.91 Å². The molecule has 0 bridgehead atoms. The highest BCUT2D eigenvalue weighted by Crippen LogP contribution is 2.25. The first-order valence-electron chi connectivity index (χ1n) is 5.27. The molecule has 0 radical (unpaired) electrons. The highest BCUT2D eigenvalue weighted by Gasteiger charge is 2.38. The molecule has 0 aromatic rings. The molecule has 2 heterocycles. The Morgan fingerprint density at radius 2 is 2.29 bits per heavy atom. The third-order valence-electron chi connectivity index (χ3n) is 3.17. The molecule has 2 rings (SSSR count). The topological polar surface area (TPSA) is 50.4 Å². The summed E-state index contributed by atoms with van der Waals surface area (Å²) in [7, 11) is 0. The molecule has 80 valence electrons. The van der Waals surface area contributed by atoms with Crippen LogP contribution in [0.3, 0.4) is 0 Å². The predicted octanol–water partition coefficient (Wildman–Crippen LogP) is 0.0320. The van der Waals surface area contributed by atoms with Gasteiger partial charge in [-0.3, -0.25) is 4.79 Å². The Kier molecular flexibility index (Phi) is 2.49. The molecule has 2 atom stereocenters. The molecule has 14 heavy (non-hydrogen) atoms. The van der Waals surface area contributed by atoms with Crippen LogP contribution in [-0.4, -0.2) is 36.7 Å². The minimum Gasteiger partial charge on any atom is -0.374 e. The first-order valence-corrected chi connectivity index (χ1v) is 5.27. The fraction of sp³-hybridized carbons (Fsp3) is 0.900. The lowest BCUT2D eigenvalue weighted by Gasteiger charge is -2.28. The minimum atomic E-state index is -0.136. The largest absolute Gasteiger partial charge is 0.374 e. The van der Waals surface area contributed by atoms with E-state index in [1.54, 1.807) is 0 Å². The van der Waals surface area contributed by atoms with Gasteiger partial charge in [0, 0.05) is 19.2 Å². The molecule has 2 fully saturated rings. The Hall–Kier alpha value is -0.610. The van der Waals surface area contributed by atoms with Gasteiger partial charge in [0.1, 0.15) is 0 Å². The van der Waals surface area contributed by atoms with Crippen LogP contribution in [-0.2, 0) is 9.53 Å². The van der Waals surface area contributed by atoms with Gasteiger partial charge in [0.2, 0.25) is 5.91 Å². The van der Waals surface area contributed by atoms with Crippen LogP contribution in [0.4, 0.5) is 0 Å². The summed E-state index contributed by atoms with van der Waals surface area (Å²) in [6.45, 7) is 5.73. The molecule has 0 aromatic carbocycles. The van der Waals surface area contributed by atoms with Crippen molar-refractivity contribution in [3.05, 3.63) is 0 Å².